The first-order chi connectivity index (χ1) is 8.30. The van der Waals surface area contributed by atoms with Crippen molar-refractivity contribution >= 4 is 5.82 Å². The molecule has 0 saturated heterocycles. The van der Waals surface area contributed by atoms with Gasteiger partial charge in [0, 0.05) is 12.6 Å². The van der Waals surface area contributed by atoms with Gasteiger partial charge in [0.25, 0.3) is 0 Å². The standard InChI is InChI=1S/C13H23N3O/c1-4-16(5-2)11-7-10-14-12-8-6-9-13(15-12)17-3/h6,8-9H,4-5,7,10-11H2,1-3H3,(H,14,15). The zero-order chi connectivity index (χ0) is 12.5. The molecular formula is C13H23N3O. The number of anilines is 1. The van der Waals surface area contributed by atoms with Gasteiger partial charge in [-0.25, -0.2) is 0 Å². The maximum Gasteiger partial charge on any atom is 0.214 e. The van der Waals surface area contributed by atoms with E-state index in [-0.39, 0.29) is 0 Å². The average molecular weight is 237 g/mol. The Morgan fingerprint density at radius 2 is 2.06 bits per heavy atom. The van der Waals surface area contributed by atoms with Crippen molar-refractivity contribution in [3.05, 3.63) is 18.2 Å². The fourth-order valence-electron chi connectivity index (χ4n) is 1.69. The van der Waals surface area contributed by atoms with E-state index in [9.17, 15) is 0 Å². The third-order valence-electron chi connectivity index (χ3n) is 2.78. The highest BCUT2D eigenvalue weighted by molar-refractivity contribution is 5.36. The normalized spacial score (nSPS) is 10.6. The van der Waals surface area contributed by atoms with Gasteiger partial charge in [0.2, 0.25) is 5.88 Å². The summed E-state index contributed by atoms with van der Waals surface area (Å²) < 4.78 is 5.07. The summed E-state index contributed by atoms with van der Waals surface area (Å²) in [6.45, 7) is 8.70. The van der Waals surface area contributed by atoms with Crippen molar-refractivity contribution in [2.75, 3.05) is 38.6 Å². The molecule has 0 fully saturated rings. The Kier molecular flexibility index (Phi) is 6.40. The lowest BCUT2D eigenvalue weighted by Crippen LogP contribution is -2.25. The van der Waals surface area contributed by atoms with Crippen LogP contribution in [0, 0.1) is 0 Å². The minimum Gasteiger partial charge on any atom is -0.481 e. The minimum absolute atomic E-state index is 0.652. The van der Waals surface area contributed by atoms with E-state index in [1.165, 1.54) is 0 Å². The van der Waals surface area contributed by atoms with E-state index >= 15 is 0 Å². The lowest BCUT2D eigenvalue weighted by Gasteiger charge is -2.17. The SMILES string of the molecule is CCN(CC)CCCNc1cccc(OC)n1. The minimum atomic E-state index is 0.652. The number of nitrogens with one attached hydrogen (secondary N) is 1. The summed E-state index contributed by atoms with van der Waals surface area (Å²) >= 11 is 0. The molecule has 0 spiro atoms. The molecule has 0 aliphatic heterocycles. The molecule has 0 atom stereocenters. The molecule has 17 heavy (non-hydrogen) atoms. The third kappa shape index (κ3) is 5.04. The summed E-state index contributed by atoms with van der Waals surface area (Å²) in [7, 11) is 1.63. The first-order valence-electron chi connectivity index (χ1n) is 6.27. The molecule has 1 rings (SSSR count). The molecule has 0 aliphatic carbocycles. The van der Waals surface area contributed by atoms with Crippen LogP contribution < -0.4 is 10.1 Å². The van der Waals surface area contributed by atoms with E-state index in [2.05, 4.69) is 29.0 Å². The molecule has 0 aliphatic rings. The lowest BCUT2D eigenvalue weighted by molar-refractivity contribution is 0.303. The van der Waals surface area contributed by atoms with Gasteiger partial charge in [-0.15, -0.1) is 0 Å². The molecule has 0 bridgehead atoms. The van der Waals surface area contributed by atoms with Crippen LogP contribution in [0.5, 0.6) is 5.88 Å². The second-order valence-electron chi connectivity index (χ2n) is 3.87. The van der Waals surface area contributed by atoms with E-state index in [4.69, 9.17) is 4.74 Å². The highest BCUT2D eigenvalue weighted by Crippen LogP contribution is 2.10. The monoisotopic (exact) mass is 237 g/mol. The summed E-state index contributed by atoms with van der Waals surface area (Å²) in [4.78, 5) is 6.72. The number of nitrogens with zero attached hydrogens (tertiary/aromatic N) is 2. The summed E-state index contributed by atoms with van der Waals surface area (Å²) in [5.41, 5.74) is 0. The van der Waals surface area contributed by atoms with Crippen molar-refractivity contribution in [1.82, 2.24) is 9.88 Å². The molecule has 1 aromatic heterocycles. The number of aromatic nitrogens is 1. The van der Waals surface area contributed by atoms with Gasteiger partial charge in [0.05, 0.1) is 7.11 Å². The van der Waals surface area contributed by atoms with E-state index in [0.29, 0.717) is 5.88 Å². The van der Waals surface area contributed by atoms with Gasteiger partial charge < -0.3 is 15.0 Å². The molecule has 1 N–H and O–H groups in total. The van der Waals surface area contributed by atoms with Crippen LogP contribution in [0.2, 0.25) is 0 Å². The molecule has 0 saturated carbocycles. The van der Waals surface area contributed by atoms with E-state index in [0.717, 1.165) is 38.4 Å². The molecule has 0 radical (unpaired) electrons. The van der Waals surface area contributed by atoms with Gasteiger partial charge in [-0.05, 0) is 32.1 Å². The molecule has 96 valence electrons. The smallest absolute Gasteiger partial charge is 0.214 e. The second-order valence-corrected chi connectivity index (χ2v) is 3.87. The van der Waals surface area contributed by atoms with Crippen LogP contribution in [0.25, 0.3) is 0 Å². The van der Waals surface area contributed by atoms with E-state index in [1.807, 2.05) is 18.2 Å². The zero-order valence-electron chi connectivity index (χ0n) is 11.1. The van der Waals surface area contributed by atoms with Gasteiger partial charge in [-0.2, -0.15) is 4.98 Å². The van der Waals surface area contributed by atoms with Crippen molar-refractivity contribution in [1.29, 1.82) is 0 Å². The topological polar surface area (TPSA) is 37.4 Å². The molecular weight excluding hydrogens is 214 g/mol. The maximum atomic E-state index is 5.07. The molecule has 4 heteroatoms. The molecule has 4 nitrogen and oxygen atoms in total. The van der Waals surface area contributed by atoms with Gasteiger partial charge >= 0.3 is 0 Å². The molecule has 0 amide bonds. The Morgan fingerprint density at radius 1 is 1.29 bits per heavy atom. The molecule has 1 aromatic rings. The van der Waals surface area contributed by atoms with Crippen LogP contribution in [0.15, 0.2) is 18.2 Å². The van der Waals surface area contributed by atoms with Crippen molar-refractivity contribution in [3.8, 4) is 5.88 Å². The van der Waals surface area contributed by atoms with Gasteiger partial charge in [0.15, 0.2) is 0 Å². The van der Waals surface area contributed by atoms with Gasteiger partial charge in [0.1, 0.15) is 5.82 Å². The number of hydrogen-bond donors (Lipinski definition) is 1. The highest BCUT2D eigenvalue weighted by Gasteiger charge is 1.99. The predicted octanol–water partition coefficient (Wildman–Crippen LogP) is 2.23. The average Bonchev–Trinajstić information content (AvgIpc) is 2.39. The lowest BCUT2D eigenvalue weighted by atomic mass is 10.3. The van der Waals surface area contributed by atoms with Crippen LogP contribution in [0.1, 0.15) is 20.3 Å². The molecule has 0 aromatic carbocycles. The van der Waals surface area contributed by atoms with Crippen molar-refractivity contribution in [3.63, 3.8) is 0 Å². The first-order valence-corrected chi connectivity index (χ1v) is 6.27. The Bertz CT molecular complexity index is 313. The third-order valence-corrected chi connectivity index (χ3v) is 2.78. The summed E-state index contributed by atoms with van der Waals surface area (Å²) in [5.74, 6) is 1.53. The fraction of sp³-hybridized carbons (Fsp3) is 0.615. The Hall–Kier alpha value is -1.29. The van der Waals surface area contributed by atoms with E-state index in [1.54, 1.807) is 7.11 Å². The number of rotatable bonds is 8. The Labute approximate surface area is 104 Å². The van der Waals surface area contributed by atoms with Crippen molar-refractivity contribution in [2.24, 2.45) is 0 Å². The predicted molar refractivity (Wildman–Crippen MR) is 71.7 cm³/mol. The van der Waals surface area contributed by atoms with Crippen molar-refractivity contribution in [2.45, 2.75) is 20.3 Å². The van der Waals surface area contributed by atoms with Crippen LogP contribution >= 0.6 is 0 Å². The van der Waals surface area contributed by atoms with Gasteiger partial charge in [-0.1, -0.05) is 19.9 Å². The number of methoxy groups -OCH3 is 1. The summed E-state index contributed by atoms with van der Waals surface area (Å²) in [6.07, 6.45) is 1.13. The number of pyridine rings is 1. The quantitative estimate of drug-likeness (QED) is 0.704. The highest BCUT2D eigenvalue weighted by atomic mass is 16.5. The summed E-state index contributed by atoms with van der Waals surface area (Å²) in [5, 5.41) is 3.31. The molecule has 1 heterocycles. The fourth-order valence-corrected chi connectivity index (χ4v) is 1.69. The zero-order valence-corrected chi connectivity index (χ0v) is 11.1. The number of ether oxygens (including phenoxy) is 1. The van der Waals surface area contributed by atoms with E-state index < -0.39 is 0 Å². The Morgan fingerprint density at radius 3 is 2.71 bits per heavy atom. The van der Waals surface area contributed by atoms with Crippen LogP contribution in [-0.4, -0.2) is 43.2 Å². The summed E-state index contributed by atoms with van der Waals surface area (Å²) in [6, 6.07) is 5.75. The largest absolute Gasteiger partial charge is 0.481 e. The van der Waals surface area contributed by atoms with Crippen LogP contribution in [0.3, 0.4) is 0 Å². The second kappa shape index (κ2) is 7.90. The Balaban J connectivity index is 2.26. The first kappa shape index (κ1) is 13.8. The van der Waals surface area contributed by atoms with Crippen LogP contribution in [-0.2, 0) is 0 Å². The molecule has 0 unspecified atom stereocenters. The maximum absolute atomic E-state index is 5.07. The van der Waals surface area contributed by atoms with Crippen LogP contribution in [0.4, 0.5) is 5.82 Å². The van der Waals surface area contributed by atoms with Crippen molar-refractivity contribution < 1.29 is 4.74 Å². The van der Waals surface area contributed by atoms with Gasteiger partial charge in [-0.3, -0.25) is 0 Å². The number of hydrogen-bond acceptors (Lipinski definition) is 4.